The maximum atomic E-state index is 5.59. The lowest BCUT2D eigenvalue weighted by Crippen LogP contribution is -2.31. The molecule has 0 aliphatic rings. The van der Waals surface area contributed by atoms with Gasteiger partial charge >= 0.3 is 0 Å². The van der Waals surface area contributed by atoms with Crippen molar-refractivity contribution >= 4 is 5.96 Å². The highest BCUT2D eigenvalue weighted by Gasteiger charge is 1.96. The van der Waals surface area contributed by atoms with E-state index in [2.05, 4.69) is 15.3 Å². The summed E-state index contributed by atoms with van der Waals surface area (Å²) in [6.45, 7) is 3.27. The molecule has 1 rings (SSSR count). The molecule has 0 saturated heterocycles. The van der Waals surface area contributed by atoms with Crippen LogP contribution in [0.3, 0.4) is 0 Å². The third-order valence-electron chi connectivity index (χ3n) is 1.80. The molecule has 82 valence electrons. The predicted octanol–water partition coefficient (Wildman–Crippen LogP) is 0.514. The number of ether oxygens (including phenoxy) is 1. The lowest BCUT2D eigenvalue weighted by molar-refractivity contribution is 0.397. The fourth-order valence-corrected chi connectivity index (χ4v) is 1.07. The third kappa shape index (κ3) is 3.84. The highest BCUT2D eigenvalue weighted by Crippen LogP contribution is 2.08. The Bertz CT molecular complexity index is 338. The zero-order chi connectivity index (χ0) is 11.1. The minimum Gasteiger partial charge on any atom is -0.481 e. The molecule has 0 atom stereocenters. The number of guanidine groups is 1. The summed E-state index contributed by atoms with van der Waals surface area (Å²) in [7, 11) is 1.59. The topological polar surface area (TPSA) is 72.5 Å². The summed E-state index contributed by atoms with van der Waals surface area (Å²) in [4.78, 5) is 8.16. The summed E-state index contributed by atoms with van der Waals surface area (Å²) in [5, 5.41) is 2.93. The number of aromatic nitrogens is 1. The highest BCUT2D eigenvalue weighted by molar-refractivity contribution is 5.77. The van der Waals surface area contributed by atoms with E-state index < -0.39 is 0 Å². The highest BCUT2D eigenvalue weighted by atomic mass is 16.5. The van der Waals surface area contributed by atoms with E-state index in [1.165, 1.54) is 0 Å². The van der Waals surface area contributed by atoms with Crippen molar-refractivity contribution in [3.63, 3.8) is 0 Å². The molecular weight excluding hydrogens is 192 g/mol. The summed E-state index contributed by atoms with van der Waals surface area (Å²) < 4.78 is 5.00. The molecule has 0 fully saturated rings. The maximum absolute atomic E-state index is 5.59. The largest absolute Gasteiger partial charge is 0.481 e. The van der Waals surface area contributed by atoms with Crippen molar-refractivity contribution in [2.24, 2.45) is 10.7 Å². The molecule has 1 aromatic heterocycles. The van der Waals surface area contributed by atoms with Crippen LogP contribution in [-0.2, 0) is 6.54 Å². The average Bonchev–Trinajstić information content (AvgIpc) is 2.27. The van der Waals surface area contributed by atoms with E-state index in [1.807, 2.05) is 19.1 Å². The molecule has 0 unspecified atom stereocenters. The molecule has 5 heteroatoms. The molecule has 15 heavy (non-hydrogen) atoms. The first-order valence-electron chi connectivity index (χ1n) is 4.79. The SMILES string of the molecule is CCNC(N)=NCc1ccnc(OC)c1. The molecule has 1 heterocycles. The second-order valence-electron chi connectivity index (χ2n) is 2.94. The standard InChI is InChI=1S/C10H16N4O/c1-3-12-10(11)14-7-8-4-5-13-9(6-8)15-2/h4-6H,3,7H2,1-2H3,(H3,11,12,14). The Balaban J connectivity index is 2.60. The fourth-order valence-electron chi connectivity index (χ4n) is 1.07. The monoisotopic (exact) mass is 208 g/mol. The zero-order valence-electron chi connectivity index (χ0n) is 9.03. The predicted molar refractivity (Wildman–Crippen MR) is 59.8 cm³/mol. The lowest BCUT2D eigenvalue weighted by atomic mass is 10.3. The smallest absolute Gasteiger partial charge is 0.213 e. The third-order valence-corrected chi connectivity index (χ3v) is 1.80. The summed E-state index contributed by atoms with van der Waals surface area (Å²) in [6.07, 6.45) is 1.69. The molecule has 0 aliphatic carbocycles. The molecule has 0 aromatic carbocycles. The van der Waals surface area contributed by atoms with Crippen LogP contribution < -0.4 is 15.8 Å². The Morgan fingerprint density at radius 1 is 1.67 bits per heavy atom. The fraction of sp³-hybridized carbons (Fsp3) is 0.400. The lowest BCUT2D eigenvalue weighted by Gasteiger charge is -2.03. The number of rotatable bonds is 4. The van der Waals surface area contributed by atoms with Crippen molar-refractivity contribution in [3.8, 4) is 5.88 Å². The number of hydrogen-bond acceptors (Lipinski definition) is 3. The average molecular weight is 208 g/mol. The Morgan fingerprint density at radius 2 is 2.47 bits per heavy atom. The Labute approximate surface area is 89.4 Å². The van der Waals surface area contributed by atoms with Gasteiger partial charge in [0.1, 0.15) is 0 Å². The molecule has 0 saturated carbocycles. The van der Waals surface area contributed by atoms with Crippen molar-refractivity contribution in [2.75, 3.05) is 13.7 Å². The van der Waals surface area contributed by atoms with Crippen LogP contribution in [0.2, 0.25) is 0 Å². The number of nitrogens with two attached hydrogens (primary N) is 1. The van der Waals surface area contributed by atoms with Crippen molar-refractivity contribution in [3.05, 3.63) is 23.9 Å². The van der Waals surface area contributed by atoms with Gasteiger partial charge in [0.25, 0.3) is 0 Å². The van der Waals surface area contributed by atoms with E-state index in [4.69, 9.17) is 10.5 Å². The van der Waals surface area contributed by atoms with Crippen molar-refractivity contribution in [1.82, 2.24) is 10.3 Å². The number of pyridine rings is 1. The van der Waals surface area contributed by atoms with E-state index in [9.17, 15) is 0 Å². The minimum atomic E-state index is 0.452. The first-order chi connectivity index (χ1) is 7.26. The van der Waals surface area contributed by atoms with Gasteiger partial charge in [0, 0.05) is 18.8 Å². The van der Waals surface area contributed by atoms with Crippen LogP contribution in [0.15, 0.2) is 23.3 Å². The Morgan fingerprint density at radius 3 is 3.13 bits per heavy atom. The second kappa shape index (κ2) is 5.85. The molecule has 0 spiro atoms. The van der Waals surface area contributed by atoms with Crippen LogP contribution in [0.25, 0.3) is 0 Å². The van der Waals surface area contributed by atoms with Crippen LogP contribution in [0, 0.1) is 0 Å². The number of nitrogens with zero attached hydrogens (tertiary/aromatic N) is 2. The van der Waals surface area contributed by atoms with E-state index in [0.29, 0.717) is 18.4 Å². The first-order valence-corrected chi connectivity index (χ1v) is 4.79. The van der Waals surface area contributed by atoms with E-state index in [-0.39, 0.29) is 0 Å². The van der Waals surface area contributed by atoms with E-state index in [1.54, 1.807) is 13.3 Å². The zero-order valence-corrected chi connectivity index (χ0v) is 9.03. The summed E-state index contributed by atoms with van der Waals surface area (Å²) in [6, 6.07) is 3.72. The number of hydrogen-bond donors (Lipinski definition) is 2. The van der Waals surface area contributed by atoms with Gasteiger partial charge in [0.2, 0.25) is 5.88 Å². The summed E-state index contributed by atoms with van der Waals surface area (Å²) in [5.41, 5.74) is 6.61. The first kappa shape index (κ1) is 11.3. The van der Waals surface area contributed by atoms with Crippen molar-refractivity contribution < 1.29 is 4.74 Å². The van der Waals surface area contributed by atoms with Crippen LogP contribution in [-0.4, -0.2) is 24.6 Å². The van der Waals surface area contributed by atoms with Crippen LogP contribution in [0.5, 0.6) is 5.88 Å². The molecule has 0 bridgehead atoms. The Hall–Kier alpha value is -1.78. The van der Waals surface area contributed by atoms with E-state index in [0.717, 1.165) is 12.1 Å². The van der Waals surface area contributed by atoms with Gasteiger partial charge in [-0.3, -0.25) is 0 Å². The number of nitrogens with one attached hydrogen (secondary N) is 1. The molecule has 0 radical (unpaired) electrons. The van der Waals surface area contributed by atoms with E-state index >= 15 is 0 Å². The quantitative estimate of drug-likeness (QED) is 0.558. The molecule has 1 aromatic rings. The minimum absolute atomic E-state index is 0.452. The van der Waals surface area contributed by atoms with Gasteiger partial charge < -0.3 is 15.8 Å². The Kier molecular flexibility index (Phi) is 4.40. The maximum Gasteiger partial charge on any atom is 0.213 e. The van der Waals surface area contributed by atoms with Gasteiger partial charge in [-0.15, -0.1) is 0 Å². The number of aliphatic imine (C=N–C) groups is 1. The summed E-state index contributed by atoms with van der Waals surface area (Å²) in [5.74, 6) is 1.04. The number of methoxy groups -OCH3 is 1. The van der Waals surface area contributed by atoms with Crippen molar-refractivity contribution in [1.29, 1.82) is 0 Å². The van der Waals surface area contributed by atoms with Gasteiger partial charge in [0.15, 0.2) is 5.96 Å². The van der Waals surface area contributed by atoms with Crippen LogP contribution >= 0.6 is 0 Å². The van der Waals surface area contributed by atoms with Gasteiger partial charge in [-0.05, 0) is 18.6 Å². The van der Waals surface area contributed by atoms with Gasteiger partial charge in [-0.25, -0.2) is 9.98 Å². The summed E-state index contributed by atoms with van der Waals surface area (Å²) >= 11 is 0. The van der Waals surface area contributed by atoms with Crippen molar-refractivity contribution in [2.45, 2.75) is 13.5 Å². The molecule has 3 N–H and O–H groups in total. The van der Waals surface area contributed by atoms with Crippen LogP contribution in [0.1, 0.15) is 12.5 Å². The second-order valence-corrected chi connectivity index (χ2v) is 2.94. The van der Waals surface area contributed by atoms with Gasteiger partial charge in [-0.1, -0.05) is 0 Å². The van der Waals surface area contributed by atoms with Gasteiger partial charge in [-0.2, -0.15) is 0 Å². The van der Waals surface area contributed by atoms with Gasteiger partial charge in [0.05, 0.1) is 13.7 Å². The molecule has 0 amide bonds. The normalized spacial score (nSPS) is 11.2. The van der Waals surface area contributed by atoms with Crippen LogP contribution in [0.4, 0.5) is 0 Å². The molecule has 5 nitrogen and oxygen atoms in total. The molecule has 0 aliphatic heterocycles. The molecular formula is C10H16N4O.